The SMILES string of the molecule is N[C@H](c1c(F)cc(Cl)cc1F)[C@@H](O)C1CC1. The maximum absolute atomic E-state index is 13.5. The Balaban J connectivity index is 2.31. The molecule has 0 aromatic heterocycles. The Morgan fingerprint density at radius 2 is 1.81 bits per heavy atom. The van der Waals surface area contributed by atoms with Crippen LogP contribution in [0.1, 0.15) is 24.4 Å². The van der Waals surface area contributed by atoms with Gasteiger partial charge in [-0.3, -0.25) is 0 Å². The summed E-state index contributed by atoms with van der Waals surface area (Å²) in [6.45, 7) is 0. The van der Waals surface area contributed by atoms with Gasteiger partial charge in [0.05, 0.1) is 12.1 Å². The molecule has 0 heterocycles. The van der Waals surface area contributed by atoms with Gasteiger partial charge in [-0.05, 0) is 30.9 Å². The molecule has 0 unspecified atom stereocenters. The predicted octanol–water partition coefficient (Wildman–Crippen LogP) is 2.39. The highest BCUT2D eigenvalue weighted by atomic mass is 35.5. The standard InChI is InChI=1S/C11H12ClF2NO/c12-6-3-7(13)9(8(14)4-6)10(15)11(16)5-1-2-5/h3-5,10-11,16H,1-2,15H2/t10-,11+/m1/s1. The maximum Gasteiger partial charge on any atom is 0.132 e. The molecule has 16 heavy (non-hydrogen) atoms. The second-order valence-corrected chi connectivity index (χ2v) is 4.57. The first kappa shape index (κ1) is 11.8. The van der Waals surface area contributed by atoms with Crippen molar-refractivity contribution in [3.05, 3.63) is 34.4 Å². The fourth-order valence-corrected chi connectivity index (χ4v) is 1.97. The van der Waals surface area contributed by atoms with E-state index >= 15 is 0 Å². The quantitative estimate of drug-likeness (QED) is 0.862. The number of benzene rings is 1. The molecule has 1 fully saturated rings. The van der Waals surface area contributed by atoms with Crippen LogP contribution >= 0.6 is 11.6 Å². The van der Waals surface area contributed by atoms with Crippen molar-refractivity contribution >= 4 is 11.6 Å². The van der Waals surface area contributed by atoms with Gasteiger partial charge in [0.1, 0.15) is 11.6 Å². The van der Waals surface area contributed by atoms with Gasteiger partial charge in [0.25, 0.3) is 0 Å². The molecule has 1 aromatic rings. The van der Waals surface area contributed by atoms with Crippen LogP contribution in [0.15, 0.2) is 12.1 Å². The van der Waals surface area contributed by atoms with E-state index in [0.717, 1.165) is 25.0 Å². The van der Waals surface area contributed by atoms with Crippen molar-refractivity contribution in [3.63, 3.8) is 0 Å². The second kappa shape index (κ2) is 4.28. The third kappa shape index (κ3) is 2.19. The van der Waals surface area contributed by atoms with Crippen LogP contribution in [0.3, 0.4) is 0 Å². The van der Waals surface area contributed by atoms with E-state index in [1.807, 2.05) is 0 Å². The van der Waals surface area contributed by atoms with E-state index < -0.39 is 23.8 Å². The molecule has 0 aliphatic heterocycles. The van der Waals surface area contributed by atoms with Gasteiger partial charge in [-0.2, -0.15) is 0 Å². The molecule has 1 aliphatic carbocycles. The van der Waals surface area contributed by atoms with Gasteiger partial charge in [0.15, 0.2) is 0 Å². The van der Waals surface area contributed by atoms with E-state index in [4.69, 9.17) is 17.3 Å². The molecule has 0 saturated heterocycles. The van der Waals surface area contributed by atoms with Gasteiger partial charge in [0.2, 0.25) is 0 Å². The van der Waals surface area contributed by atoms with Crippen LogP contribution < -0.4 is 5.73 Å². The van der Waals surface area contributed by atoms with Crippen molar-refractivity contribution < 1.29 is 13.9 Å². The fourth-order valence-electron chi connectivity index (χ4n) is 1.77. The summed E-state index contributed by atoms with van der Waals surface area (Å²) in [5, 5.41) is 9.72. The van der Waals surface area contributed by atoms with Crippen LogP contribution in [-0.4, -0.2) is 11.2 Å². The van der Waals surface area contributed by atoms with Crippen LogP contribution in [0.2, 0.25) is 5.02 Å². The predicted molar refractivity (Wildman–Crippen MR) is 57.0 cm³/mol. The van der Waals surface area contributed by atoms with Crippen LogP contribution in [0.5, 0.6) is 0 Å². The zero-order valence-electron chi connectivity index (χ0n) is 8.46. The van der Waals surface area contributed by atoms with Crippen LogP contribution in [0.25, 0.3) is 0 Å². The molecule has 0 bridgehead atoms. The summed E-state index contributed by atoms with van der Waals surface area (Å²) in [6, 6.07) is 0.962. The molecule has 1 aliphatic rings. The smallest absolute Gasteiger partial charge is 0.132 e. The minimum atomic E-state index is -1.04. The number of rotatable bonds is 3. The molecule has 2 nitrogen and oxygen atoms in total. The monoisotopic (exact) mass is 247 g/mol. The summed E-state index contributed by atoms with van der Waals surface area (Å²) in [4.78, 5) is 0. The largest absolute Gasteiger partial charge is 0.391 e. The normalized spacial score (nSPS) is 19.6. The van der Waals surface area contributed by atoms with Crippen molar-refractivity contribution in [2.75, 3.05) is 0 Å². The number of nitrogens with two attached hydrogens (primary N) is 1. The van der Waals surface area contributed by atoms with E-state index in [1.54, 1.807) is 0 Å². The molecule has 0 radical (unpaired) electrons. The van der Waals surface area contributed by atoms with Gasteiger partial charge in [-0.25, -0.2) is 8.78 Å². The Morgan fingerprint density at radius 3 is 2.25 bits per heavy atom. The number of aliphatic hydroxyl groups excluding tert-OH is 1. The average Bonchev–Trinajstić information content (AvgIpc) is 2.97. The Kier molecular flexibility index (Phi) is 3.15. The Hall–Kier alpha value is -0.710. The molecule has 88 valence electrons. The molecule has 0 spiro atoms. The summed E-state index contributed by atoms with van der Waals surface area (Å²) in [6.07, 6.45) is 0.808. The number of hydrogen-bond acceptors (Lipinski definition) is 2. The summed E-state index contributed by atoms with van der Waals surface area (Å²) in [7, 11) is 0. The van der Waals surface area contributed by atoms with E-state index in [0.29, 0.717) is 0 Å². The lowest BCUT2D eigenvalue weighted by Gasteiger charge is -2.20. The molecule has 0 amide bonds. The molecule has 1 saturated carbocycles. The van der Waals surface area contributed by atoms with Crippen molar-refractivity contribution in [1.29, 1.82) is 0 Å². The Bertz CT molecular complexity index is 386. The third-order valence-corrected chi connectivity index (χ3v) is 3.07. The second-order valence-electron chi connectivity index (χ2n) is 4.14. The summed E-state index contributed by atoms with van der Waals surface area (Å²) < 4.78 is 27.0. The van der Waals surface area contributed by atoms with E-state index in [1.165, 1.54) is 0 Å². The van der Waals surface area contributed by atoms with Crippen molar-refractivity contribution in [1.82, 2.24) is 0 Å². The van der Waals surface area contributed by atoms with Gasteiger partial charge >= 0.3 is 0 Å². The molecule has 1 aromatic carbocycles. The van der Waals surface area contributed by atoms with Gasteiger partial charge in [-0.15, -0.1) is 0 Å². The molecular formula is C11H12ClF2NO. The van der Waals surface area contributed by atoms with Gasteiger partial charge in [-0.1, -0.05) is 11.6 Å². The lowest BCUT2D eigenvalue weighted by atomic mass is 9.98. The van der Waals surface area contributed by atoms with Crippen molar-refractivity contribution in [2.45, 2.75) is 25.0 Å². The first-order valence-corrected chi connectivity index (χ1v) is 5.46. The molecular weight excluding hydrogens is 236 g/mol. The minimum absolute atomic E-state index is 0.0214. The van der Waals surface area contributed by atoms with Crippen LogP contribution in [0, 0.1) is 17.6 Å². The summed E-state index contributed by atoms with van der Waals surface area (Å²) in [5.41, 5.74) is 5.37. The highest BCUT2D eigenvalue weighted by Crippen LogP contribution is 2.38. The fraction of sp³-hybridized carbons (Fsp3) is 0.455. The van der Waals surface area contributed by atoms with Crippen molar-refractivity contribution in [3.8, 4) is 0 Å². The minimum Gasteiger partial charge on any atom is -0.391 e. The molecule has 2 atom stereocenters. The first-order chi connectivity index (χ1) is 7.50. The van der Waals surface area contributed by atoms with E-state index in [2.05, 4.69) is 0 Å². The number of hydrogen-bond donors (Lipinski definition) is 2. The Morgan fingerprint density at radius 1 is 1.31 bits per heavy atom. The van der Waals surface area contributed by atoms with E-state index in [-0.39, 0.29) is 16.5 Å². The highest BCUT2D eigenvalue weighted by molar-refractivity contribution is 6.30. The van der Waals surface area contributed by atoms with E-state index in [9.17, 15) is 13.9 Å². The lowest BCUT2D eigenvalue weighted by molar-refractivity contribution is 0.119. The first-order valence-electron chi connectivity index (χ1n) is 5.09. The van der Waals surface area contributed by atoms with Gasteiger partial charge < -0.3 is 10.8 Å². The topological polar surface area (TPSA) is 46.2 Å². The maximum atomic E-state index is 13.5. The summed E-state index contributed by atoms with van der Waals surface area (Å²) >= 11 is 5.50. The summed E-state index contributed by atoms with van der Waals surface area (Å²) in [5.74, 6) is -1.56. The van der Waals surface area contributed by atoms with Crippen LogP contribution in [0.4, 0.5) is 8.78 Å². The highest BCUT2D eigenvalue weighted by Gasteiger charge is 2.36. The Labute approximate surface area is 97.0 Å². The zero-order valence-corrected chi connectivity index (χ0v) is 9.22. The van der Waals surface area contributed by atoms with Crippen molar-refractivity contribution in [2.24, 2.45) is 11.7 Å². The van der Waals surface area contributed by atoms with Crippen LogP contribution in [-0.2, 0) is 0 Å². The molecule has 2 rings (SSSR count). The number of halogens is 3. The lowest BCUT2D eigenvalue weighted by Crippen LogP contribution is -2.29. The molecule has 5 heteroatoms. The zero-order chi connectivity index (χ0) is 11.9. The average molecular weight is 248 g/mol. The molecule has 3 N–H and O–H groups in total. The van der Waals surface area contributed by atoms with Gasteiger partial charge in [0, 0.05) is 10.6 Å². The number of aliphatic hydroxyl groups is 1. The third-order valence-electron chi connectivity index (χ3n) is 2.85.